The van der Waals surface area contributed by atoms with Crippen LogP contribution >= 0.6 is 11.6 Å². The normalized spacial score (nSPS) is 20.5. The van der Waals surface area contributed by atoms with E-state index in [2.05, 4.69) is 10.6 Å². The molecular weight excluding hydrogens is 470 g/mol. The summed E-state index contributed by atoms with van der Waals surface area (Å²) >= 11 is 5.89. The van der Waals surface area contributed by atoms with E-state index in [1.807, 2.05) is 19.1 Å². The number of carbonyl (C=O) groups is 4. The number of anilines is 1. The largest absolute Gasteiger partial charge is 0.339 e. The van der Waals surface area contributed by atoms with Gasteiger partial charge in [-0.3, -0.25) is 14.5 Å². The van der Waals surface area contributed by atoms with Crippen LogP contribution in [-0.2, 0) is 15.1 Å². The smallest absolute Gasteiger partial charge is 0.325 e. The second kappa shape index (κ2) is 9.95. The minimum Gasteiger partial charge on any atom is -0.339 e. The van der Waals surface area contributed by atoms with Crippen LogP contribution in [0.15, 0.2) is 48.5 Å². The third-order valence-corrected chi connectivity index (χ3v) is 6.68. The molecule has 4 rings (SSSR count). The number of hydrogen-bond acceptors (Lipinski definition) is 4. The molecule has 0 bridgehead atoms. The molecule has 1 unspecified atom stereocenters. The van der Waals surface area contributed by atoms with Crippen molar-refractivity contribution in [1.82, 2.24) is 20.0 Å². The lowest BCUT2D eigenvalue weighted by atomic mass is 9.91. The second-order valence-electron chi connectivity index (χ2n) is 8.97. The molecule has 2 aromatic carbocycles. The van der Waals surface area contributed by atoms with Crippen molar-refractivity contribution in [1.29, 1.82) is 0 Å². The number of halogens is 1. The number of rotatable bonds is 4. The van der Waals surface area contributed by atoms with Gasteiger partial charge in [0.05, 0.1) is 0 Å². The molecular formula is C25H28ClN5O4. The molecule has 184 valence electrons. The Labute approximate surface area is 209 Å². The predicted octanol–water partition coefficient (Wildman–Crippen LogP) is 3.18. The van der Waals surface area contributed by atoms with Crippen molar-refractivity contribution in [3.63, 3.8) is 0 Å². The summed E-state index contributed by atoms with van der Waals surface area (Å²) in [5.41, 5.74) is 1.11. The van der Waals surface area contributed by atoms with E-state index in [0.29, 0.717) is 48.9 Å². The van der Waals surface area contributed by atoms with Crippen LogP contribution in [0.2, 0.25) is 5.02 Å². The summed E-state index contributed by atoms with van der Waals surface area (Å²) in [5, 5.41) is 6.14. The van der Waals surface area contributed by atoms with E-state index in [9.17, 15) is 19.2 Å². The molecule has 9 nitrogen and oxygen atoms in total. The summed E-state index contributed by atoms with van der Waals surface area (Å²) in [4.78, 5) is 55.6. The maximum Gasteiger partial charge on any atom is 0.325 e. The van der Waals surface area contributed by atoms with Crippen LogP contribution in [0.5, 0.6) is 0 Å². The van der Waals surface area contributed by atoms with Crippen LogP contribution in [0.4, 0.5) is 15.3 Å². The van der Waals surface area contributed by atoms with Gasteiger partial charge < -0.3 is 20.4 Å². The Morgan fingerprint density at radius 1 is 0.971 bits per heavy atom. The molecule has 6 amide bonds. The third kappa shape index (κ3) is 5.24. The number of aryl methyl sites for hydroxylation is 1. The standard InChI is InChI=1S/C25H28ClN5O4/c1-17-4-6-18(7-5-17)25(2)22(33)31(24(35)28-25)16-21(32)29-12-3-13-30(15-14-29)23(34)27-20-10-8-19(26)9-11-20/h4-11H,3,12-16H2,1-2H3,(H,27,34)(H,28,35). The molecule has 2 N–H and O–H groups in total. The Morgan fingerprint density at radius 3 is 2.29 bits per heavy atom. The molecule has 2 saturated heterocycles. The fourth-order valence-corrected chi connectivity index (χ4v) is 4.39. The van der Waals surface area contributed by atoms with Gasteiger partial charge in [0.15, 0.2) is 0 Å². The first kappa shape index (κ1) is 24.5. The fraction of sp³-hybridized carbons (Fsp3) is 0.360. The number of amides is 6. The zero-order valence-electron chi connectivity index (χ0n) is 19.7. The summed E-state index contributed by atoms with van der Waals surface area (Å²) < 4.78 is 0. The number of hydrogen-bond donors (Lipinski definition) is 2. The molecule has 2 aromatic rings. The van der Waals surface area contributed by atoms with Crippen LogP contribution < -0.4 is 10.6 Å². The fourth-order valence-electron chi connectivity index (χ4n) is 4.26. The zero-order chi connectivity index (χ0) is 25.2. The van der Waals surface area contributed by atoms with E-state index in [-0.39, 0.29) is 18.5 Å². The van der Waals surface area contributed by atoms with E-state index >= 15 is 0 Å². The summed E-state index contributed by atoms with van der Waals surface area (Å²) in [5.74, 6) is -0.792. The van der Waals surface area contributed by atoms with Crippen molar-refractivity contribution in [2.75, 3.05) is 38.0 Å². The van der Waals surface area contributed by atoms with Gasteiger partial charge in [0, 0.05) is 36.9 Å². The molecule has 2 fully saturated rings. The maximum atomic E-state index is 13.1. The summed E-state index contributed by atoms with van der Waals surface area (Å²) in [6.45, 7) is 4.81. The van der Waals surface area contributed by atoms with Crippen LogP contribution in [0.1, 0.15) is 24.5 Å². The number of carbonyl (C=O) groups excluding carboxylic acids is 4. The van der Waals surface area contributed by atoms with Gasteiger partial charge in [-0.05, 0) is 50.1 Å². The average molecular weight is 498 g/mol. The number of benzene rings is 2. The van der Waals surface area contributed by atoms with Crippen molar-refractivity contribution in [3.05, 3.63) is 64.7 Å². The van der Waals surface area contributed by atoms with E-state index < -0.39 is 17.5 Å². The van der Waals surface area contributed by atoms with Gasteiger partial charge in [0.2, 0.25) is 5.91 Å². The highest BCUT2D eigenvalue weighted by molar-refractivity contribution is 6.30. The van der Waals surface area contributed by atoms with Crippen molar-refractivity contribution in [3.8, 4) is 0 Å². The molecule has 0 saturated carbocycles. The van der Waals surface area contributed by atoms with Crippen LogP contribution in [0.25, 0.3) is 0 Å². The van der Waals surface area contributed by atoms with Crippen LogP contribution in [0, 0.1) is 6.92 Å². The van der Waals surface area contributed by atoms with E-state index in [4.69, 9.17) is 11.6 Å². The summed E-state index contributed by atoms with van der Waals surface area (Å²) in [6, 6.07) is 13.3. The highest BCUT2D eigenvalue weighted by atomic mass is 35.5. The maximum absolute atomic E-state index is 13.1. The highest BCUT2D eigenvalue weighted by Gasteiger charge is 2.49. The molecule has 0 aromatic heterocycles. The van der Waals surface area contributed by atoms with Crippen molar-refractivity contribution >= 4 is 41.2 Å². The Hall–Kier alpha value is -3.59. The first-order valence-corrected chi connectivity index (χ1v) is 11.9. The van der Waals surface area contributed by atoms with Gasteiger partial charge in [0.1, 0.15) is 12.1 Å². The molecule has 35 heavy (non-hydrogen) atoms. The topological polar surface area (TPSA) is 102 Å². The van der Waals surface area contributed by atoms with Gasteiger partial charge in [-0.25, -0.2) is 9.59 Å². The predicted molar refractivity (Wildman–Crippen MR) is 132 cm³/mol. The van der Waals surface area contributed by atoms with Gasteiger partial charge in [-0.2, -0.15) is 0 Å². The minimum atomic E-state index is -1.22. The average Bonchev–Trinajstić information content (AvgIpc) is 3.00. The first-order chi connectivity index (χ1) is 16.7. The quantitative estimate of drug-likeness (QED) is 0.633. The molecule has 2 aliphatic rings. The third-order valence-electron chi connectivity index (χ3n) is 6.43. The lowest BCUT2D eigenvalue weighted by molar-refractivity contribution is -0.138. The number of nitrogens with one attached hydrogen (secondary N) is 2. The minimum absolute atomic E-state index is 0.260. The van der Waals surface area contributed by atoms with E-state index in [0.717, 1.165) is 10.5 Å². The van der Waals surface area contributed by atoms with Gasteiger partial charge >= 0.3 is 12.1 Å². The lowest BCUT2D eigenvalue weighted by Gasteiger charge is -2.25. The first-order valence-electron chi connectivity index (χ1n) is 11.5. The Balaban J connectivity index is 1.35. The molecule has 10 heteroatoms. The number of urea groups is 2. The number of nitrogens with zero attached hydrogens (tertiary/aromatic N) is 3. The molecule has 2 heterocycles. The summed E-state index contributed by atoms with van der Waals surface area (Å²) in [7, 11) is 0. The monoisotopic (exact) mass is 497 g/mol. The van der Waals surface area contributed by atoms with Crippen molar-refractivity contribution in [2.45, 2.75) is 25.8 Å². The Kier molecular flexibility index (Phi) is 6.98. The van der Waals surface area contributed by atoms with Crippen LogP contribution in [0.3, 0.4) is 0 Å². The van der Waals surface area contributed by atoms with Crippen LogP contribution in [-0.4, -0.2) is 71.3 Å². The molecule has 0 aliphatic carbocycles. The van der Waals surface area contributed by atoms with Crippen molar-refractivity contribution < 1.29 is 19.2 Å². The second-order valence-corrected chi connectivity index (χ2v) is 9.41. The molecule has 2 aliphatic heterocycles. The van der Waals surface area contributed by atoms with Gasteiger partial charge in [-0.1, -0.05) is 41.4 Å². The SMILES string of the molecule is Cc1ccc(C2(C)NC(=O)N(CC(=O)N3CCCN(C(=O)Nc4ccc(Cl)cc4)CC3)C2=O)cc1. The van der Waals surface area contributed by atoms with Gasteiger partial charge in [-0.15, -0.1) is 0 Å². The Morgan fingerprint density at radius 2 is 1.60 bits per heavy atom. The highest BCUT2D eigenvalue weighted by Crippen LogP contribution is 2.29. The molecule has 1 atom stereocenters. The van der Waals surface area contributed by atoms with Crippen molar-refractivity contribution in [2.24, 2.45) is 0 Å². The number of imide groups is 1. The lowest BCUT2D eigenvalue weighted by Crippen LogP contribution is -2.45. The Bertz CT molecular complexity index is 1140. The van der Waals surface area contributed by atoms with E-state index in [1.54, 1.807) is 53.1 Å². The summed E-state index contributed by atoms with van der Waals surface area (Å²) in [6.07, 6.45) is 0.584. The molecule has 0 spiro atoms. The zero-order valence-corrected chi connectivity index (χ0v) is 20.5. The molecule has 0 radical (unpaired) electrons. The van der Waals surface area contributed by atoms with Gasteiger partial charge in [0.25, 0.3) is 5.91 Å². The van der Waals surface area contributed by atoms with E-state index in [1.165, 1.54) is 0 Å².